The molecule has 0 unspecified atom stereocenters. The van der Waals surface area contributed by atoms with Gasteiger partial charge >= 0.3 is 0 Å². The van der Waals surface area contributed by atoms with Gasteiger partial charge in [0.15, 0.2) is 0 Å². The van der Waals surface area contributed by atoms with E-state index >= 15 is 0 Å². The maximum Gasteiger partial charge on any atom is 0.257 e. The fraction of sp³-hybridized carbons (Fsp3) is 0.353. The van der Waals surface area contributed by atoms with E-state index in [4.69, 9.17) is 0 Å². The first-order valence-corrected chi connectivity index (χ1v) is 7.65. The minimum atomic E-state index is -0.226. The van der Waals surface area contributed by atoms with Gasteiger partial charge in [0, 0.05) is 26.2 Å². The molecule has 6 heteroatoms. The van der Waals surface area contributed by atoms with Crippen molar-refractivity contribution in [1.82, 2.24) is 14.9 Å². The SMILES string of the molecule is Cc1ncnc(C)c1C(=O)N1CCN(c2ccccc2F)CC1. The van der Waals surface area contributed by atoms with Gasteiger partial charge in [-0.1, -0.05) is 12.1 Å². The molecule has 1 fully saturated rings. The maximum atomic E-state index is 13.9. The highest BCUT2D eigenvalue weighted by Crippen LogP contribution is 2.21. The van der Waals surface area contributed by atoms with E-state index in [1.54, 1.807) is 17.0 Å². The van der Waals surface area contributed by atoms with E-state index in [1.807, 2.05) is 24.8 Å². The lowest BCUT2D eigenvalue weighted by Crippen LogP contribution is -2.49. The predicted octanol–water partition coefficient (Wildman–Crippen LogP) is 2.19. The zero-order chi connectivity index (χ0) is 16.4. The van der Waals surface area contributed by atoms with Gasteiger partial charge in [0.05, 0.1) is 22.6 Å². The van der Waals surface area contributed by atoms with E-state index in [1.165, 1.54) is 12.4 Å². The number of aromatic nitrogens is 2. The molecule has 0 saturated carbocycles. The Bertz CT molecular complexity index is 706. The van der Waals surface area contributed by atoms with Crippen LogP contribution in [0.3, 0.4) is 0 Å². The summed E-state index contributed by atoms with van der Waals surface area (Å²) in [5.41, 5.74) is 2.56. The zero-order valence-electron chi connectivity index (χ0n) is 13.3. The van der Waals surface area contributed by atoms with Crippen molar-refractivity contribution in [3.8, 4) is 0 Å². The second kappa shape index (κ2) is 6.32. The van der Waals surface area contributed by atoms with Crippen LogP contribution in [-0.4, -0.2) is 47.0 Å². The topological polar surface area (TPSA) is 49.3 Å². The second-order valence-electron chi connectivity index (χ2n) is 5.65. The third kappa shape index (κ3) is 3.02. The summed E-state index contributed by atoms with van der Waals surface area (Å²) in [4.78, 5) is 24.7. The number of benzene rings is 1. The van der Waals surface area contributed by atoms with Crippen LogP contribution in [0.1, 0.15) is 21.7 Å². The highest BCUT2D eigenvalue weighted by Gasteiger charge is 2.26. The Kier molecular flexibility index (Phi) is 4.23. The summed E-state index contributed by atoms with van der Waals surface area (Å²) >= 11 is 0. The molecular formula is C17H19FN4O. The van der Waals surface area contributed by atoms with Crippen LogP contribution in [0.25, 0.3) is 0 Å². The number of piperazine rings is 1. The number of rotatable bonds is 2. The third-order valence-electron chi connectivity index (χ3n) is 4.20. The molecule has 1 aliphatic heterocycles. The first-order chi connectivity index (χ1) is 11.1. The van der Waals surface area contributed by atoms with Crippen molar-refractivity contribution >= 4 is 11.6 Å². The molecular weight excluding hydrogens is 295 g/mol. The zero-order valence-corrected chi connectivity index (χ0v) is 13.3. The van der Waals surface area contributed by atoms with Gasteiger partial charge in [-0.25, -0.2) is 14.4 Å². The lowest BCUT2D eigenvalue weighted by atomic mass is 10.1. The van der Waals surface area contributed by atoms with Crippen molar-refractivity contribution in [1.29, 1.82) is 0 Å². The number of hydrogen-bond acceptors (Lipinski definition) is 4. The van der Waals surface area contributed by atoms with Gasteiger partial charge in [-0.2, -0.15) is 0 Å². The first kappa shape index (κ1) is 15.4. The Morgan fingerprint density at radius 3 is 2.26 bits per heavy atom. The van der Waals surface area contributed by atoms with Crippen LogP contribution in [0.4, 0.5) is 10.1 Å². The summed E-state index contributed by atoms with van der Waals surface area (Å²) in [5.74, 6) is -0.274. The molecule has 1 aromatic heterocycles. The molecule has 120 valence electrons. The lowest BCUT2D eigenvalue weighted by Gasteiger charge is -2.36. The number of para-hydroxylation sites is 1. The van der Waals surface area contributed by atoms with Crippen LogP contribution in [-0.2, 0) is 0 Å². The minimum Gasteiger partial charge on any atom is -0.366 e. The van der Waals surface area contributed by atoms with E-state index in [2.05, 4.69) is 9.97 Å². The first-order valence-electron chi connectivity index (χ1n) is 7.65. The normalized spacial score (nSPS) is 14.9. The van der Waals surface area contributed by atoms with Crippen LogP contribution < -0.4 is 4.90 Å². The average molecular weight is 314 g/mol. The van der Waals surface area contributed by atoms with Crippen molar-refractivity contribution in [2.45, 2.75) is 13.8 Å². The Morgan fingerprint density at radius 1 is 1.04 bits per heavy atom. The van der Waals surface area contributed by atoms with Gasteiger partial charge in [-0.05, 0) is 26.0 Å². The summed E-state index contributed by atoms with van der Waals surface area (Å²) in [6.45, 7) is 5.97. The van der Waals surface area contributed by atoms with Crippen LogP contribution in [0.5, 0.6) is 0 Å². The van der Waals surface area contributed by atoms with Gasteiger partial charge in [-0.3, -0.25) is 4.79 Å². The molecule has 0 N–H and O–H groups in total. The highest BCUT2D eigenvalue weighted by molar-refractivity contribution is 5.96. The average Bonchev–Trinajstić information content (AvgIpc) is 2.55. The number of hydrogen-bond donors (Lipinski definition) is 0. The predicted molar refractivity (Wildman–Crippen MR) is 86.0 cm³/mol. The van der Waals surface area contributed by atoms with Crippen LogP contribution in [0.2, 0.25) is 0 Å². The molecule has 0 spiro atoms. The monoisotopic (exact) mass is 314 g/mol. The molecule has 0 radical (unpaired) electrons. The number of nitrogens with zero attached hydrogens (tertiary/aromatic N) is 4. The van der Waals surface area contributed by atoms with Crippen molar-refractivity contribution in [2.24, 2.45) is 0 Å². The van der Waals surface area contributed by atoms with E-state index in [9.17, 15) is 9.18 Å². The summed E-state index contributed by atoms with van der Waals surface area (Å²) < 4.78 is 13.9. The van der Waals surface area contributed by atoms with Crippen LogP contribution in [0, 0.1) is 19.7 Å². The lowest BCUT2D eigenvalue weighted by molar-refractivity contribution is 0.0744. The Hall–Kier alpha value is -2.50. The largest absolute Gasteiger partial charge is 0.366 e. The van der Waals surface area contributed by atoms with Crippen LogP contribution >= 0.6 is 0 Å². The summed E-state index contributed by atoms with van der Waals surface area (Å²) in [5, 5.41) is 0. The quantitative estimate of drug-likeness (QED) is 0.852. The van der Waals surface area contributed by atoms with Gasteiger partial charge in [-0.15, -0.1) is 0 Å². The summed E-state index contributed by atoms with van der Waals surface area (Å²) in [6.07, 6.45) is 1.47. The molecule has 3 rings (SSSR count). The molecule has 1 aliphatic rings. The number of aryl methyl sites for hydroxylation is 2. The number of anilines is 1. The molecule has 0 aliphatic carbocycles. The minimum absolute atomic E-state index is 0.0474. The maximum absolute atomic E-state index is 13.9. The molecule has 5 nitrogen and oxygen atoms in total. The van der Waals surface area contributed by atoms with E-state index in [0.717, 1.165) is 0 Å². The second-order valence-corrected chi connectivity index (χ2v) is 5.65. The molecule has 2 aromatic rings. The van der Waals surface area contributed by atoms with Crippen molar-refractivity contribution in [3.63, 3.8) is 0 Å². The van der Waals surface area contributed by atoms with Gasteiger partial charge in [0.2, 0.25) is 0 Å². The van der Waals surface area contributed by atoms with E-state index in [-0.39, 0.29) is 11.7 Å². The van der Waals surface area contributed by atoms with Gasteiger partial charge < -0.3 is 9.80 Å². The molecule has 1 aromatic carbocycles. The van der Waals surface area contributed by atoms with Crippen LogP contribution in [0.15, 0.2) is 30.6 Å². The Morgan fingerprint density at radius 2 is 1.65 bits per heavy atom. The smallest absolute Gasteiger partial charge is 0.257 e. The molecule has 0 atom stereocenters. The third-order valence-corrected chi connectivity index (χ3v) is 4.20. The number of halogens is 1. The molecule has 2 heterocycles. The Balaban J connectivity index is 1.72. The van der Waals surface area contributed by atoms with E-state index in [0.29, 0.717) is 48.8 Å². The highest BCUT2D eigenvalue weighted by atomic mass is 19.1. The summed E-state index contributed by atoms with van der Waals surface area (Å²) in [7, 11) is 0. The van der Waals surface area contributed by atoms with Crippen molar-refractivity contribution in [3.05, 3.63) is 53.4 Å². The van der Waals surface area contributed by atoms with Gasteiger partial charge in [0.25, 0.3) is 5.91 Å². The molecule has 0 bridgehead atoms. The molecule has 1 amide bonds. The molecule has 1 saturated heterocycles. The fourth-order valence-corrected chi connectivity index (χ4v) is 2.92. The number of carbonyl (C=O) groups is 1. The number of carbonyl (C=O) groups excluding carboxylic acids is 1. The fourth-order valence-electron chi connectivity index (χ4n) is 2.92. The standard InChI is InChI=1S/C17H19FN4O/c1-12-16(13(2)20-11-19-12)17(23)22-9-7-21(8-10-22)15-6-4-3-5-14(15)18/h3-6,11H,7-10H2,1-2H3. The van der Waals surface area contributed by atoms with Crippen molar-refractivity contribution < 1.29 is 9.18 Å². The molecule has 23 heavy (non-hydrogen) atoms. The number of amides is 1. The van der Waals surface area contributed by atoms with E-state index < -0.39 is 0 Å². The van der Waals surface area contributed by atoms with Crippen molar-refractivity contribution in [2.75, 3.05) is 31.1 Å². The Labute approximate surface area is 134 Å². The van der Waals surface area contributed by atoms with Gasteiger partial charge in [0.1, 0.15) is 12.1 Å². The summed E-state index contributed by atoms with van der Waals surface area (Å²) in [6, 6.07) is 6.73.